The van der Waals surface area contributed by atoms with Crippen molar-refractivity contribution < 1.29 is 22.7 Å². The SMILES string of the molecule is CC(C)(C)OC(=O)/C=C/Cc1ccccc1C(F)(F)F. The Morgan fingerprint density at radius 1 is 1.20 bits per heavy atom. The van der Waals surface area contributed by atoms with Gasteiger partial charge in [0.05, 0.1) is 5.56 Å². The van der Waals surface area contributed by atoms with Crippen LogP contribution in [0.25, 0.3) is 0 Å². The fraction of sp³-hybridized carbons (Fsp3) is 0.400. The zero-order valence-electron chi connectivity index (χ0n) is 11.6. The minimum Gasteiger partial charge on any atom is -0.457 e. The molecule has 0 saturated carbocycles. The molecule has 0 aliphatic heterocycles. The van der Waals surface area contributed by atoms with Crippen molar-refractivity contribution in [2.45, 2.75) is 39.0 Å². The summed E-state index contributed by atoms with van der Waals surface area (Å²) >= 11 is 0. The zero-order chi connectivity index (χ0) is 15.4. The third kappa shape index (κ3) is 5.47. The van der Waals surface area contributed by atoms with Gasteiger partial charge in [-0.05, 0) is 38.8 Å². The quantitative estimate of drug-likeness (QED) is 0.616. The number of hydrogen-bond donors (Lipinski definition) is 0. The highest BCUT2D eigenvalue weighted by molar-refractivity contribution is 5.82. The molecule has 0 unspecified atom stereocenters. The maximum atomic E-state index is 12.7. The molecule has 5 heteroatoms. The predicted molar refractivity (Wildman–Crippen MR) is 70.1 cm³/mol. The Morgan fingerprint density at radius 2 is 1.80 bits per heavy atom. The summed E-state index contributed by atoms with van der Waals surface area (Å²) in [6, 6.07) is 5.29. The number of hydrogen-bond acceptors (Lipinski definition) is 2. The van der Waals surface area contributed by atoms with E-state index in [4.69, 9.17) is 4.74 Å². The summed E-state index contributed by atoms with van der Waals surface area (Å²) in [4.78, 5) is 11.4. The molecule has 1 rings (SSSR count). The third-order valence-corrected chi connectivity index (χ3v) is 2.32. The molecule has 0 radical (unpaired) electrons. The number of carbonyl (C=O) groups is 1. The smallest absolute Gasteiger partial charge is 0.416 e. The molecular formula is C15H17F3O2. The normalized spacial score (nSPS) is 12.7. The number of halogens is 3. The van der Waals surface area contributed by atoms with E-state index < -0.39 is 23.3 Å². The van der Waals surface area contributed by atoms with Crippen LogP contribution in [0.1, 0.15) is 31.9 Å². The van der Waals surface area contributed by atoms with Gasteiger partial charge >= 0.3 is 12.1 Å². The van der Waals surface area contributed by atoms with Gasteiger partial charge < -0.3 is 4.74 Å². The first kappa shape index (κ1) is 16.3. The molecule has 0 spiro atoms. The number of rotatable bonds is 3. The van der Waals surface area contributed by atoms with E-state index in [0.29, 0.717) is 0 Å². The fourth-order valence-corrected chi connectivity index (χ4v) is 1.59. The first-order chi connectivity index (χ1) is 9.09. The molecule has 110 valence electrons. The highest BCUT2D eigenvalue weighted by atomic mass is 19.4. The van der Waals surface area contributed by atoms with Crippen LogP contribution in [0.5, 0.6) is 0 Å². The van der Waals surface area contributed by atoms with Gasteiger partial charge in [-0.1, -0.05) is 24.3 Å². The number of benzene rings is 1. The average molecular weight is 286 g/mol. The van der Waals surface area contributed by atoms with Crippen LogP contribution in [0, 0.1) is 0 Å². The molecule has 0 aromatic heterocycles. The molecule has 0 aliphatic rings. The molecule has 2 nitrogen and oxygen atoms in total. The second-order valence-corrected chi connectivity index (χ2v) is 5.29. The van der Waals surface area contributed by atoms with Crippen molar-refractivity contribution in [2.24, 2.45) is 0 Å². The Balaban J connectivity index is 2.74. The van der Waals surface area contributed by atoms with Gasteiger partial charge in [-0.25, -0.2) is 4.79 Å². The average Bonchev–Trinajstić information content (AvgIpc) is 2.25. The van der Waals surface area contributed by atoms with Crippen LogP contribution in [0.2, 0.25) is 0 Å². The standard InChI is InChI=1S/C15H17F3O2/c1-14(2,3)20-13(19)10-6-8-11-7-4-5-9-12(11)15(16,17)18/h4-7,9-10H,8H2,1-3H3/b10-6+. The van der Waals surface area contributed by atoms with Gasteiger partial charge in [0.15, 0.2) is 0 Å². The number of ether oxygens (including phenoxy) is 1. The van der Waals surface area contributed by atoms with Crippen molar-refractivity contribution >= 4 is 5.97 Å². The van der Waals surface area contributed by atoms with Crippen molar-refractivity contribution in [1.82, 2.24) is 0 Å². The van der Waals surface area contributed by atoms with Gasteiger partial charge in [-0.3, -0.25) is 0 Å². The summed E-state index contributed by atoms with van der Waals surface area (Å²) in [5.41, 5.74) is -1.18. The van der Waals surface area contributed by atoms with E-state index >= 15 is 0 Å². The Morgan fingerprint density at radius 3 is 2.35 bits per heavy atom. The Hall–Kier alpha value is -1.78. The minimum absolute atomic E-state index is 0.0227. The minimum atomic E-state index is -4.39. The van der Waals surface area contributed by atoms with Gasteiger partial charge in [0.25, 0.3) is 0 Å². The maximum Gasteiger partial charge on any atom is 0.416 e. The van der Waals surface area contributed by atoms with Gasteiger partial charge in [-0.2, -0.15) is 13.2 Å². The molecule has 0 heterocycles. The van der Waals surface area contributed by atoms with E-state index in [1.165, 1.54) is 24.3 Å². The summed E-state index contributed by atoms with van der Waals surface area (Å²) in [6.45, 7) is 5.16. The van der Waals surface area contributed by atoms with E-state index in [0.717, 1.165) is 12.1 Å². The summed E-state index contributed by atoms with van der Waals surface area (Å²) in [5.74, 6) is -0.568. The summed E-state index contributed by atoms with van der Waals surface area (Å²) < 4.78 is 43.2. The number of carbonyl (C=O) groups excluding carboxylic acids is 1. The monoisotopic (exact) mass is 286 g/mol. The summed E-state index contributed by atoms with van der Waals surface area (Å²) in [6.07, 6.45) is -1.84. The molecule has 0 atom stereocenters. The third-order valence-electron chi connectivity index (χ3n) is 2.32. The van der Waals surface area contributed by atoms with Gasteiger partial charge in [-0.15, -0.1) is 0 Å². The molecule has 0 amide bonds. The largest absolute Gasteiger partial charge is 0.457 e. The van der Waals surface area contributed by atoms with Crippen LogP contribution in [-0.2, 0) is 22.1 Å². The lowest BCUT2D eigenvalue weighted by molar-refractivity contribution is -0.148. The molecule has 0 aliphatic carbocycles. The van der Waals surface area contributed by atoms with E-state index in [-0.39, 0.29) is 12.0 Å². The lowest BCUT2D eigenvalue weighted by atomic mass is 10.0. The first-order valence-electron chi connectivity index (χ1n) is 6.14. The van der Waals surface area contributed by atoms with Crippen LogP contribution >= 0.6 is 0 Å². The Kier molecular flexibility index (Phi) is 4.98. The number of allylic oxidation sites excluding steroid dienone is 1. The van der Waals surface area contributed by atoms with E-state index in [1.807, 2.05) is 0 Å². The first-order valence-corrected chi connectivity index (χ1v) is 6.14. The summed E-state index contributed by atoms with van der Waals surface area (Å²) in [5, 5.41) is 0. The maximum absolute atomic E-state index is 12.7. The molecular weight excluding hydrogens is 269 g/mol. The van der Waals surface area contributed by atoms with E-state index in [2.05, 4.69) is 0 Å². The van der Waals surface area contributed by atoms with Crippen molar-refractivity contribution in [3.63, 3.8) is 0 Å². The number of esters is 1. The summed E-state index contributed by atoms with van der Waals surface area (Å²) in [7, 11) is 0. The van der Waals surface area contributed by atoms with Crippen LogP contribution in [-0.4, -0.2) is 11.6 Å². The van der Waals surface area contributed by atoms with Crippen LogP contribution in [0.4, 0.5) is 13.2 Å². The van der Waals surface area contributed by atoms with Gasteiger partial charge in [0, 0.05) is 6.08 Å². The fourth-order valence-electron chi connectivity index (χ4n) is 1.59. The molecule has 20 heavy (non-hydrogen) atoms. The second kappa shape index (κ2) is 6.11. The highest BCUT2D eigenvalue weighted by Gasteiger charge is 2.32. The van der Waals surface area contributed by atoms with Crippen LogP contribution in [0.15, 0.2) is 36.4 Å². The van der Waals surface area contributed by atoms with Crippen LogP contribution < -0.4 is 0 Å². The molecule has 1 aromatic rings. The number of alkyl halides is 3. The van der Waals surface area contributed by atoms with Gasteiger partial charge in [0.1, 0.15) is 5.60 Å². The van der Waals surface area contributed by atoms with Crippen LogP contribution in [0.3, 0.4) is 0 Å². The Bertz CT molecular complexity index is 497. The van der Waals surface area contributed by atoms with Crippen molar-refractivity contribution in [3.05, 3.63) is 47.5 Å². The zero-order valence-corrected chi connectivity index (χ0v) is 11.6. The molecule has 0 saturated heterocycles. The topological polar surface area (TPSA) is 26.3 Å². The van der Waals surface area contributed by atoms with Crippen molar-refractivity contribution in [2.75, 3.05) is 0 Å². The van der Waals surface area contributed by atoms with E-state index in [9.17, 15) is 18.0 Å². The highest BCUT2D eigenvalue weighted by Crippen LogP contribution is 2.32. The van der Waals surface area contributed by atoms with E-state index in [1.54, 1.807) is 20.8 Å². The second-order valence-electron chi connectivity index (χ2n) is 5.29. The molecule has 0 bridgehead atoms. The molecule has 0 fully saturated rings. The Labute approximate surface area is 116 Å². The molecule has 0 N–H and O–H groups in total. The van der Waals surface area contributed by atoms with Crippen molar-refractivity contribution in [3.8, 4) is 0 Å². The lowest BCUT2D eigenvalue weighted by Gasteiger charge is -2.17. The van der Waals surface area contributed by atoms with Gasteiger partial charge in [0.2, 0.25) is 0 Å². The van der Waals surface area contributed by atoms with Crippen molar-refractivity contribution in [1.29, 1.82) is 0 Å². The molecule has 1 aromatic carbocycles. The predicted octanol–water partition coefficient (Wildman–Crippen LogP) is 4.15. The lowest BCUT2D eigenvalue weighted by Crippen LogP contribution is -2.22.